The van der Waals surface area contributed by atoms with E-state index in [4.69, 9.17) is 0 Å². The molecule has 4 saturated carbocycles. The number of carbonyl (C=O) groups is 1. The highest BCUT2D eigenvalue weighted by atomic mass is 16.1. The van der Waals surface area contributed by atoms with E-state index in [0.717, 1.165) is 30.4 Å². The Morgan fingerprint density at radius 1 is 0.966 bits per heavy atom. The highest BCUT2D eigenvalue weighted by Gasteiger charge is 2.62. The maximum Gasteiger partial charge on any atom is 0.170 e. The molecule has 4 heteroatoms. The van der Waals surface area contributed by atoms with Crippen LogP contribution in [0.25, 0.3) is 6.08 Å². The second-order valence-corrected chi connectivity index (χ2v) is 10.3. The van der Waals surface area contributed by atoms with Gasteiger partial charge in [-0.2, -0.15) is 10.5 Å². The third kappa shape index (κ3) is 2.21. The lowest BCUT2D eigenvalue weighted by Gasteiger charge is -2.56. The molecule has 2 aliphatic heterocycles. The first-order valence-corrected chi connectivity index (χ1v) is 11.0. The highest BCUT2D eigenvalue weighted by molar-refractivity contribution is 5.91. The van der Waals surface area contributed by atoms with Gasteiger partial charge in [0.1, 0.15) is 0 Å². The molecule has 1 aromatic rings. The number of Topliss-reactive ketones (excluding diaryl/α,β-unsaturated/α-hetero) is 1. The number of carbonyl (C=O) groups excluding carboxylic acids is 1. The van der Waals surface area contributed by atoms with Gasteiger partial charge < -0.3 is 4.90 Å². The Bertz CT molecular complexity index is 960. The Hall–Kier alpha value is -2.59. The molecular weight excluding hydrogens is 358 g/mol. The summed E-state index contributed by atoms with van der Waals surface area (Å²) >= 11 is 0. The molecule has 4 nitrogen and oxygen atoms in total. The number of fused-ring (bicyclic) bond motifs is 3. The average molecular weight is 383 g/mol. The van der Waals surface area contributed by atoms with Crippen LogP contribution in [0.3, 0.4) is 0 Å². The van der Waals surface area contributed by atoms with E-state index in [0.29, 0.717) is 30.0 Å². The van der Waals surface area contributed by atoms with Gasteiger partial charge in [-0.05, 0) is 73.5 Å². The van der Waals surface area contributed by atoms with Gasteiger partial charge >= 0.3 is 0 Å². The predicted molar refractivity (Wildman–Crippen MR) is 108 cm³/mol. The molecule has 0 aromatic heterocycles. The van der Waals surface area contributed by atoms with Crippen molar-refractivity contribution in [1.82, 2.24) is 4.90 Å². The van der Waals surface area contributed by atoms with Crippen molar-refractivity contribution < 1.29 is 4.79 Å². The van der Waals surface area contributed by atoms with E-state index >= 15 is 0 Å². The van der Waals surface area contributed by atoms with Crippen molar-refractivity contribution in [2.24, 2.45) is 28.6 Å². The average Bonchev–Trinajstić information content (AvgIpc) is 3.08. The van der Waals surface area contributed by atoms with Crippen LogP contribution in [0.4, 0.5) is 0 Å². The third-order valence-corrected chi connectivity index (χ3v) is 8.62. The van der Waals surface area contributed by atoms with Crippen molar-refractivity contribution in [2.45, 2.75) is 57.0 Å². The molecule has 0 N–H and O–H groups in total. The summed E-state index contributed by atoms with van der Waals surface area (Å²) < 4.78 is 0. The smallest absolute Gasteiger partial charge is 0.170 e. The lowest BCUT2D eigenvalue weighted by atomic mass is 9.48. The number of benzene rings is 1. The van der Waals surface area contributed by atoms with Crippen LogP contribution in [0.1, 0.15) is 62.1 Å². The van der Waals surface area contributed by atoms with Gasteiger partial charge in [0.25, 0.3) is 0 Å². The number of nitrogens with zero attached hydrogens (tertiary/aromatic N) is 3. The van der Waals surface area contributed by atoms with Crippen LogP contribution in [0.15, 0.2) is 30.5 Å². The fourth-order valence-corrected chi connectivity index (χ4v) is 7.88. The molecule has 7 rings (SSSR count). The third-order valence-electron chi connectivity index (χ3n) is 8.62. The van der Waals surface area contributed by atoms with Crippen LogP contribution in [0, 0.1) is 51.2 Å². The first kappa shape index (κ1) is 17.3. The zero-order chi connectivity index (χ0) is 19.8. The van der Waals surface area contributed by atoms with Gasteiger partial charge in [0.15, 0.2) is 11.2 Å². The van der Waals surface area contributed by atoms with Crippen molar-refractivity contribution in [2.75, 3.05) is 0 Å². The van der Waals surface area contributed by atoms with Crippen molar-refractivity contribution in [3.05, 3.63) is 41.6 Å². The van der Waals surface area contributed by atoms with Crippen molar-refractivity contribution in [3.63, 3.8) is 0 Å². The van der Waals surface area contributed by atoms with Crippen LogP contribution in [-0.4, -0.2) is 16.7 Å². The van der Waals surface area contributed by atoms with E-state index in [-0.39, 0.29) is 17.5 Å². The number of ketones is 1. The molecule has 6 aliphatic rings. The van der Waals surface area contributed by atoms with Crippen LogP contribution in [0.2, 0.25) is 0 Å². The summed E-state index contributed by atoms with van der Waals surface area (Å²) in [6, 6.07) is 11.9. The second-order valence-electron chi connectivity index (χ2n) is 10.3. The Morgan fingerprint density at radius 2 is 1.59 bits per heavy atom. The van der Waals surface area contributed by atoms with Gasteiger partial charge in [-0.25, -0.2) is 0 Å². The normalized spacial score (nSPS) is 40.1. The van der Waals surface area contributed by atoms with E-state index in [1.54, 1.807) is 0 Å². The minimum atomic E-state index is -1.18. The maximum atomic E-state index is 14.1. The highest BCUT2D eigenvalue weighted by Crippen LogP contribution is 2.62. The summed E-state index contributed by atoms with van der Waals surface area (Å²) in [7, 11) is 0. The lowest BCUT2D eigenvalue weighted by molar-refractivity contribution is -0.148. The molecule has 0 amide bonds. The first-order chi connectivity index (χ1) is 14.1. The minimum absolute atomic E-state index is 0.213. The van der Waals surface area contributed by atoms with Gasteiger partial charge in [-0.1, -0.05) is 24.3 Å². The van der Waals surface area contributed by atoms with Gasteiger partial charge in [-0.3, -0.25) is 4.79 Å². The van der Waals surface area contributed by atoms with Crippen LogP contribution in [0.5, 0.6) is 0 Å². The monoisotopic (exact) mass is 383 g/mol. The lowest BCUT2D eigenvalue weighted by Crippen LogP contribution is -2.54. The van der Waals surface area contributed by atoms with Crippen molar-refractivity contribution in [1.29, 1.82) is 10.5 Å². The fourth-order valence-electron chi connectivity index (χ4n) is 7.88. The molecule has 5 fully saturated rings. The summed E-state index contributed by atoms with van der Waals surface area (Å²) in [5, 5.41) is 20.2. The molecule has 0 radical (unpaired) electrons. The van der Waals surface area contributed by atoms with E-state index < -0.39 is 5.41 Å². The zero-order valence-electron chi connectivity index (χ0n) is 16.6. The Labute approximate surface area is 171 Å². The zero-order valence-corrected chi connectivity index (χ0v) is 16.6. The topological polar surface area (TPSA) is 67.9 Å². The molecule has 1 aromatic carbocycles. The molecule has 0 unspecified atom stereocenters. The van der Waals surface area contributed by atoms with Crippen molar-refractivity contribution in [3.8, 4) is 12.1 Å². The van der Waals surface area contributed by atoms with Crippen LogP contribution in [-0.2, 0) is 4.79 Å². The minimum Gasteiger partial charge on any atom is -0.358 e. The number of hydrogen-bond donors (Lipinski definition) is 0. The van der Waals surface area contributed by atoms with Gasteiger partial charge in [-0.15, -0.1) is 0 Å². The summed E-state index contributed by atoms with van der Waals surface area (Å²) in [6.07, 6.45) is 11.3. The molecule has 29 heavy (non-hydrogen) atoms. The van der Waals surface area contributed by atoms with E-state index in [1.165, 1.54) is 19.3 Å². The number of hydrogen-bond acceptors (Lipinski definition) is 4. The molecular formula is C25H25N3O. The summed E-state index contributed by atoms with van der Waals surface area (Å²) in [4.78, 5) is 16.2. The summed E-state index contributed by atoms with van der Waals surface area (Å²) in [5.41, 5.74) is 0.657. The van der Waals surface area contributed by atoms with Gasteiger partial charge in [0.05, 0.1) is 24.2 Å². The first-order valence-electron chi connectivity index (χ1n) is 11.0. The SMILES string of the molecule is N#CC1(C#N)C[C@H](C(=O)C23CC4CC(CC(C4)C2)C3)N2C=Cc3ccccc3[C@H]21. The Kier molecular flexibility index (Phi) is 3.41. The maximum absolute atomic E-state index is 14.1. The van der Waals surface area contributed by atoms with E-state index in [1.807, 2.05) is 36.5 Å². The predicted octanol–water partition coefficient (Wildman–Crippen LogP) is 4.61. The Morgan fingerprint density at radius 3 is 2.21 bits per heavy atom. The molecule has 0 spiro atoms. The fraction of sp³-hybridized carbons (Fsp3) is 0.560. The number of nitriles is 2. The molecule has 2 heterocycles. The van der Waals surface area contributed by atoms with Gasteiger partial charge in [0, 0.05) is 18.0 Å². The summed E-state index contributed by atoms with van der Waals surface area (Å²) in [5.74, 6) is 2.43. The summed E-state index contributed by atoms with van der Waals surface area (Å²) in [6.45, 7) is 0. The molecule has 4 aliphatic carbocycles. The van der Waals surface area contributed by atoms with Gasteiger partial charge in [0.2, 0.25) is 0 Å². The van der Waals surface area contributed by atoms with Crippen LogP contribution >= 0.6 is 0 Å². The number of rotatable bonds is 2. The second kappa shape index (κ2) is 5.73. The largest absolute Gasteiger partial charge is 0.358 e. The quantitative estimate of drug-likeness (QED) is 0.748. The van der Waals surface area contributed by atoms with E-state index in [9.17, 15) is 15.3 Å². The standard InChI is InChI=1S/C25H25N3O/c26-14-25(15-27)13-21(28-6-5-19-3-1-2-4-20(19)22(25)28)23(29)24-10-16-7-17(11-24)9-18(8-16)12-24/h1-6,16-18,21-22H,7-13H2/t16?,17?,18?,21-,22+,24?/m1/s1. The van der Waals surface area contributed by atoms with Crippen molar-refractivity contribution >= 4 is 11.9 Å². The van der Waals surface area contributed by atoms with Crippen LogP contribution < -0.4 is 0 Å². The van der Waals surface area contributed by atoms with E-state index in [2.05, 4.69) is 17.0 Å². The molecule has 2 atom stereocenters. The Balaban J connectivity index is 1.42. The molecule has 146 valence electrons. The molecule has 4 bridgehead atoms. The molecule has 1 saturated heterocycles.